The summed E-state index contributed by atoms with van der Waals surface area (Å²) in [5, 5.41) is 6.14. The number of fused-ring (bicyclic) bond motifs is 2. The van der Waals surface area contributed by atoms with Crippen molar-refractivity contribution in [1.29, 1.82) is 0 Å². The van der Waals surface area contributed by atoms with Crippen molar-refractivity contribution in [2.45, 2.75) is 0 Å². The molecule has 0 spiro atoms. The SMILES string of the molecule is O=C(Nc1nc(-c2ccc3c(c2)OCO3)cs1)c1cc(-c2ccncc2)nc2ccccc12. The molecule has 7 nitrogen and oxygen atoms in total. The van der Waals surface area contributed by atoms with Crippen LogP contribution < -0.4 is 14.8 Å². The quantitative estimate of drug-likeness (QED) is 0.393. The van der Waals surface area contributed by atoms with E-state index in [0.717, 1.165) is 33.5 Å². The molecule has 3 aromatic heterocycles. The number of para-hydroxylation sites is 1. The third kappa shape index (κ3) is 3.66. The third-order valence-corrected chi connectivity index (χ3v) is 6.09. The van der Waals surface area contributed by atoms with Gasteiger partial charge < -0.3 is 9.47 Å². The van der Waals surface area contributed by atoms with Gasteiger partial charge in [-0.05, 0) is 42.5 Å². The monoisotopic (exact) mass is 452 g/mol. The van der Waals surface area contributed by atoms with Gasteiger partial charge in [-0.15, -0.1) is 11.3 Å². The number of thiazole rings is 1. The van der Waals surface area contributed by atoms with Gasteiger partial charge in [-0.25, -0.2) is 9.97 Å². The first kappa shape index (κ1) is 19.4. The summed E-state index contributed by atoms with van der Waals surface area (Å²) in [6.07, 6.45) is 3.42. The molecule has 0 bridgehead atoms. The second kappa shape index (κ2) is 7.99. The van der Waals surface area contributed by atoms with Crippen molar-refractivity contribution >= 4 is 33.3 Å². The molecule has 0 saturated carbocycles. The van der Waals surface area contributed by atoms with Crippen LogP contribution in [0.3, 0.4) is 0 Å². The van der Waals surface area contributed by atoms with E-state index in [1.54, 1.807) is 18.5 Å². The first-order valence-corrected chi connectivity index (χ1v) is 11.1. The van der Waals surface area contributed by atoms with Crippen LogP contribution in [0.5, 0.6) is 11.5 Å². The summed E-state index contributed by atoms with van der Waals surface area (Å²) < 4.78 is 10.8. The minimum absolute atomic E-state index is 0.221. The largest absolute Gasteiger partial charge is 0.454 e. The van der Waals surface area contributed by atoms with Gasteiger partial charge in [-0.2, -0.15) is 0 Å². The van der Waals surface area contributed by atoms with E-state index < -0.39 is 0 Å². The van der Waals surface area contributed by atoms with Crippen LogP contribution in [0, 0.1) is 0 Å². The molecule has 0 aliphatic carbocycles. The number of anilines is 1. The molecule has 1 aliphatic heterocycles. The molecule has 0 radical (unpaired) electrons. The Labute approximate surface area is 192 Å². The number of hydrogen-bond donors (Lipinski definition) is 1. The third-order valence-electron chi connectivity index (χ3n) is 5.33. The number of amides is 1. The number of carbonyl (C=O) groups is 1. The summed E-state index contributed by atoms with van der Waals surface area (Å²) in [5.41, 5.74) is 4.53. The molecule has 4 heterocycles. The number of hydrogen-bond acceptors (Lipinski definition) is 7. The van der Waals surface area contributed by atoms with Crippen LogP contribution in [0.2, 0.25) is 0 Å². The number of pyridine rings is 2. The Kier molecular flexibility index (Phi) is 4.70. The highest BCUT2D eigenvalue weighted by molar-refractivity contribution is 7.14. The van der Waals surface area contributed by atoms with Gasteiger partial charge in [0.1, 0.15) is 0 Å². The average Bonchev–Trinajstić information content (AvgIpc) is 3.53. The molecule has 0 saturated heterocycles. The Balaban J connectivity index is 1.32. The molecule has 1 amide bonds. The van der Waals surface area contributed by atoms with Crippen LogP contribution in [0.25, 0.3) is 33.4 Å². The van der Waals surface area contributed by atoms with Crippen molar-refractivity contribution in [3.8, 4) is 34.0 Å². The van der Waals surface area contributed by atoms with Gasteiger partial charge in [0.25, 0.3) is 5.91 Å². The minimum Gasteiger partial charge on any atom is -0.454 e. The van der Waals surface area contributed by atoms with Gasteiger partial charge in [0.15, 0.2) is 16.6 Å². The molecule has 8 heteroatoms. The molecule has 1 N–H and O–H groups in total. The van der Waals surface area contributed by atoms with E-state index in [9.17, 15) is 4.79 Å². The molecular formula is C25H16N4O3S. The summed E-state index contributed by atoms with van der Waals surface area (Å²) in [4.78, 5) is 26.7. The van der Waals surface area contributed by atoms with Gasteiger partial charge >= 0.3 is 0 Å². The minimum atomic E-state index is -0.240. The molecule has 1 aliphatic rings. The fraction of sp³-hybridized carbons (Fsp3) is 0.0400. The molecule has 0 atom stereocenters. The predicted molar refractivity (Wildman–Crippen MR) is 127 cm³/mol. The highest BCUT2D eigenvalue weighted by Crippen LogP contribution is 2.36. The van der Waals surface area contributed by atoms with Crippen molar-refractivity contribution in [1.82, 2.24) is 15.0 Å². The zero-order valence-electron chi connectivity index (χ0n) is 17.2. The zero-order valence-corrected chi connectivity index (χ0v) is 18.0. The molecule has 6 rings (SSSR count). The highest BCUT2D eigenvalue weighted by Gasteiger charge is 2.18. The van der Waals surface area contributed by atoms with Crippen LogP contribution in [0.4, 0.5) is 5.13 Å². The van der Waals surface area contributed by atoms with Gasteiger partial charge in [-0.3, -0.25) is 15.1 Å². The van der Waals surface area contributed by atoms with Crippen molar-refractivity contribution in [3.63, 3.8) is 0 Å². The summed E-state index contributed by atoms with van der Waals surface area (Å²) in [6, 6.07) is 18.8. The first-order valence-electron chi connectivity index (χ1n) is 10.2. The van der Waals surface area contributed by atoms with E-state index in [1.165, 1.54) is 11.3 Å². The maximum absolute atomic E-state index is 13.3. The lowest BCUT2D eigenvalue weighted by Gasteiger charge is -2.09. The van der Waals surface area contributed by atoms with E-state index in [1.807, 2.05) is 60.0 Å². The molecule has 0 unspecified atom stereocenters. The maximum Gasteiger partial charge on any atom is 0.258 e. The average molecular weight is 452 g/mol. The van der Waals surface area contributed by atoms with Crippen molar-refractivity contribution < 1.29 is 14.3 Å². The van der Waals surface area contributed by atoms with Gasteiger partial charge in [0.2, 0.25) is 6.79 Å². The van der Waals surface area contributed by atoms with Crippen LogP contribution >= 0.6 is 11.3 Å². The summed E-state index contributed by atoms with van der Waals surface area (Å²) in [7, 11) is 0. The van der Waals surface area contributed by atoms with E-state index in [2.05, 4.69) is 15.3 Å². The Morgan fingerprint density at radius 1 is 0.879 bits per heavy atom. The van der Waals surface area contributed by atoms with Crippen LogP contribution in [-0.4, -0.2) is 27.7 Å². The highest BCUT2D eigenvalue weighted by atomic mass is 32.1. The Hall–Kier alpha value is -4.30. The number of benzene rings is 2. The number of nitrogens with zero attached hydrogens (tertiary/aromatic N) is 3. The lowest BCUT2D eigenvalue weighted by molar-refractivity contribution is 0.102. The van der Waals surface area contributed by atoms with Crippen molar-refractivity contribution in [3.05, 3.63) is 84.0 Å². The van der Waals surface area contributed by atoms with E-state index in [0.29, 0.717) is 22.1 Å². The summed E-state index contributed by atoms with van der Waals surface area (Å²) in [6.45, 7) is 0.221. The molecule has 2 aromatic carbocycles. The Bertz CT molecular complexity index is 1500. The smallest absolute Gasteiger partial charge is 0.258 e. The topological polar surface area (TPSA) is 86.2 Å². The van der Waals surface area contributed by atoms with Crippen LogP contribution in [0.1, 0.15) is 10.4 Å². The van der Waals surface area contributed by atoms with Crippen molar-refractivity contribution in [2.24, 2.45) is 0 Å². The van der Waals surface area contributed by atoms with Crippen molar-refractivity contribution in [2.75, 3.05) is 12.1 Å². The normalized spacial score (nSPS) is 12.1. The van der Waals surface area contributed by atoms with Crippen LogP contribution in [0.15, 0.2) is 78.4 Å². The lowest BCUT2D eigenvalue weighted by Crippen LogP contribution is -2.13. The number of aromatic nitrogens is 3. The number of carbonyl (C=O) groups excluding carboxylic acids is 1. The zero-order chi connectivity index (χ0) is 22.2. The van der Waals surface area contributed by atoms with Gasteiger partial charge in [0.05, 0.1) is 22.5 Å². The molecule has 5 aromatic rings. The second-order valence-electron chi connectivity index (χ2n) is 7.37. The number of nitrogens with one attached hydrogen (secondary N) is 1. The Morgan fingerprint density at radius 3 is 2.64 bits per heavy atom. The van der Waals surface area contributed by atoms with E-state index in [-0.39, 0.29) is 12.7 Å². The molecule has 160 valence electrons. The predicted octanol–water partition coefficient (Wildman–Crippen LogP) is 5.40. The molecule has 0 fully saturated rings. The molecule has 33 heavy (non-hydrogen) atoms. The first-order chi connectivity index (χ1) is 16.2. The van der Waals surface area contributed by atoms with Crippen LogP contribution in [-0.2, 0) is 0 Å². The summed E-state index contributed by atoms with van der Waals surface area (Å²) in [5.74, 6) is 1.17. The van der Waals surface area contributed by atoms with Gasteiger partial charge in [0, 0.05) is 34.3 Å². The number of ether oxygens (including phenoxy) is 2. The molecular weight excluding hydrogens is 436 g/mol. The maximum atomic E-state index is 13.3. The Morgan fingerprint density at radius 2 is 1.73 bits per heavy atom. The van der Waals surface area contributed by atoms with E-state index >= 15 is 0 Å². The standard InChI is InChI=1S/C25H16N4O3S/c30-24(29-25-28-21(13-33-25)16-5-6-22-23(11-16)32-14-31-22)18-12-20(15-7-9-26-10-8-15)27-19-4-2-1-3-17(18)19/h1-13H,14H2,(H,28,29,30). The summed E-state index contributed by atoms with van der Waals surface area (Å²) >= 11 is 1.37. The van der Waals surface area contributed by atoms with E-state index in [4.69, 9.17) is 14.5 Å². The van der Waals surface area contributed by atoms with Gasteiger partial charge in [-0.1, -0.05) is 18.2 Å². The second-order valence-corrected chi connectivity index (χ2v) is 8.23. The number of rotatable bonds is 4. The lowest BCUT2D eigenvalue weighted by atomic mass is 10.0. The fourth-order valence-electron chi connectivity index (χ4n) is 3.72. The fourth-order valence-corrected chi connectivity index (χ4v) is 4.43.